The van der Waals surface area contributed by atoms with Gasteiger partial charge in [0.1, 0.15) is 17.1 Å². The Kier molecular flexibility index (Phi) is 7.09. The van der Waals surface area contributed by atoms with Crippen molar-refractivity contribution in [2.75, 3.05) is 31.1 Å². The number of ether oxygens (including phenoxy) is 1. The van der Waals surface area contributed by atoms with E-state index in [-0.39, 0.29) is 11.6 Å². The van der Waals surface area contributed by atoms with Crippen LogP contribution in [0.2, 0.25) is 0 Å². The number of hydrogen-bond acceptors (Lipinski definition) is 6. The maximum Gasteiger partial charge on any atom is 0.277 e. The normalized spacial score (nSPS) is 17.9. The summed E-state index contributed by atoms with van der Waals surface area (Å²) in [6, 6.07) is 7.12. The number of rotatable bonds is 7. The van der Waals surface area contributed by atoms with Crippen LogP contribution in [0, 0.1) is 6.92 Å². The number of fused-ring (bicyclic) bond motifs is 1. The first-order valence-corrected chi connectivity index (χ1v) is 13.3. The van der Waals surface area contributed by atoms with E-state index >= 15 is 0 Å². The minimum absolute atomic E-state index is 0.131. The summed E-state index contributed by atoms with van der Waals surface area (Å²) >= 11 is 0. The SMILES string of the molecule is CCNC1CCN(c2ccc(-c3nc4c(C)nn(C5CCCCC5)c4c(=O)[nH]3)c(OCC)c2)CC1. The quantitative estimate of drug-likeness (QED) is 0.517. The van der Waals surface area contributed by atoms with Crippen LogP contribution in [0.4, 0.5) is 5.69 Å². The monoisotopic (exact) mass is 478 g/mol. The van der Waals surface area contributed by atoms with Gasteiger partial charge in [0.2, 0.25) is 0 Å². The molecule has 0 unspecified atom stereocenters. The van der Waals surface area contributed by atoms with Crippen LogP contribution in [0.25, 0.3) is 22.4 Å². The Balaban J connectivity index is 1.48. The second-order valence-electron chi connectivity index (χ2n) is 9.87. The van der Waals surface area contributed by atoms with Crippen LogP contribution in [0.1, 0.15) is 70.5 Å². The molecule has 2 fully saturated rings. The largest absolute Gasteiger partial charge is 0.493 e. The zero-order chi connectivity index (χ0) is 24.4. The molecule has 1 aliphatic heterocycles. The lowest BCUT2D eigenvalue weighted by Gasteiger charge is -2.34. The van der Waals surface area contributed by atoms with Crippen LogP contribution in [0.5, 0.6) is 5.75 Å². The van der Waals surface area contributed by atoms with Crippen LogP contribution >= 0.6 is 0 Å². The van der Waals surface area contributed by atoms with Crippen molar-refractivity contribution in [1.82, 2.24) is 25.1 Å². The number of aromatic amines is 1. The zero-order valence-electron chi connectivity index (χ0n) is 21.3. The second kappa shape index (κ2) is 10.4. The van der Waals surface area contributed by atoms with Crippen LogP contribution in [0.3, 0.4) is 0 Å². The van der Waals surface area contributed by atoms with E-state index in [0.29, 0.717) is 29.5 Å². The molecule has 2 N–H and O–H groups in total. The maximum atomic E-state index is 13.3. The molecule has 3 heterocycles. The van der Waals surface area contributed by atoms with Gasteiger partial charge in [-0.1, -0.05) is 26.2 Å². The first kappa shape index (κ1) is 23.9. The summed E-state index contributed by atoms with van der Waals surface area (Å²) in [6.45, 7) is 9.69. The molecule has 3 aromatic rings. The minimum Gasteiger partial charge on any atom is -0.493 e. The highest BCUT2D eigenvalue weighted by molar-refractivity contribution is 5.80. The van der Waals surface area contributed by atoms with E-state index in [1.807, 2.05) is 24.6 Å². The standard InChI is InChI=1S/C27H38N6O2/c1-4-28-19-13-15-32(16-14-19)21-11-12-22(23(17-21)35-5-2)26-29-24-18(3)31-33(25(24)27(34)30-26)20-9-7-6-8-10-20/h11-12,17,19-20,28H,4-10,13-16H2,1-3H3,(H,29,30,34). The van der Waals surface area contributed by atoms with Crippen molar-refractivity contribution in [3.05, 3.63) is 34.2 Å². The molecule has 1 aromatic carbocycles. The van der Waals surface area contributed by atoms with Gasteiger partial charge in [-0.3, -0.25) is 9.48 Å². The Morgan fingerprint density at radius 2 is 1.89 bits per heavy atom. The molecule has 35 heavy (non-hydrogen) atoms. The van der Waals surface area contributed by atoms with Gasteiger partial charge in [-0.2, -0.15) is 5.10 Å². The van der Waals surface area contributed by atoms with Gasteiger partial charge in [-0.15, -0.1) is 0 Å². The van der Waals surface area contributed by atoms with Gasteiger partial charge in [-0.25, -0.2) is 4.98 Å². The van der Waals surface area contributed by atoms with E-state index in [9.17, 15) is 4.79 Å². The Morgan fingerprint density at radius 1 is 1.11 bits per heavy atom. The minimum atomic E-state index is -0.131. The maximum absolute atomic E-state index is 13.3. The molecule has 188 valence electrons. The summed E-state index contributed by atoms with van der Waals surface area (Å²) in [6.07, 6.45) is 8.04. The van der Waals surface area contributed by atoms with Crippen LogP contribution < -0.4 is 20.5 Å². The van der Waals surface area contributed by atoms with Crippen molar-refractivity contribution >= 4 is 16.7 Å². The van der Waals surface area contributed by atoms with Gasteiger partial charge in [0, 0.05) is 30.9 Å². The summed E-state index contributed by atoms with van der Waals surface area (Å²) in [5.74, 6) is 1.29. The molecule has 1 aliphatic carbocycles. The summed E-state index contributed by atoms with van der Waals surface area (Å²) in [4.78, 5) is 23.7. The van der Waals surface area contributed by atoms with E-state index in [4.69, 9.17) is 14.8 Å². The molecule has 5 rings (SSSR count). The number of aromatic nitrogens is 4. The summed E-state index contributed by atoms with van der Waals surface area (Å²) in [7, 11) is 0. The number of anilines is 1. The molecule has 0 radical (unpaired) electrons. The van der Waals surface area contributed by atoms with Gasteiger partial charge in [0.15, 0.2) is 5.52 Å². The Hall–Kier alpha value is -2.87. The van der Waals surface area contributed by atoms with E-state index in [1.54, 1.807) is 0 Å². The van der Waals surface area contributed by atoms with E-state index in [1.165, 1.54) is 19.3 Å². The molecule has 0 spiro atoms. The Bertz CT molecular complexity index is 1220. The van der Waals surface area contributed by atoms with Crippen molar-refractivity contribution in [1.29, 1.82) is 0 Å². The molecular formula is C27H38N6O2. The molecule has 8 nitrogen and oxygen atoms in total. The van der Waals surface area contributed by atoms with E-state index in [0.717, 1.165) is 68.0 Å². The van der Waals surface area contributed by atoms with E-state index < -0.39 is 0 Å². The number of piperidine rings is 1. The van der Waals surface area contributed by atoms with Crippen LogP contribution in [-0.4, -0.2) is 52.0 Å². The van der Waals surface area contributed by atoms with Crippen LogP contribution in [-0.2, 0) is 0 Å². The lowest BCUT2D eigenvalue weighted by atomic mass is 9.95. The third-order valence-corrected chi connectivity index (χ3v) is 7.52. The third kappa shape index (κ3) is 4.81. The topological polar surface area (TPSA) is 88.1 Å². The molecule has 1 saturated carbocycles. The summed E-state index contributed by atoms with van der Waals surface area (Å²) < 4.78 is 7.98. The molecule has 2 aliphatic rings. The molecule has 8 heteroatoms. The lowest BCUT2D eigenvalue weighted by molar-refractivity contribution is 0.336. The number of nitrogens with one attached hydrogen (secondary N) is 2. The fourth-order valence-corrected chi connectivity index (χ4v) is 5.72. The number of benzene rings is 1. The number of H-pyrrole nitrogens is 1. The summed E-state index contributed by atoms with van der Waals surface area (Å²) in [5, 5.41) is 8.32. The predicted molar refractivity (Wildman–Crippen MR) is 141 cm³/mol. The van der Waals surface area contributed by atoms with Crippen LogP contribution in [0.15, 0.2) is 23.0 Å². The molecule has 0 bridgehead atoms. The van der Waals surface area contributed by atoms with Crippen molar-refractivity contribution < 1.29 is 4.74 Å². The van der Waals surface area contributed by atoms with Crippen molar-refractivity contribution in [3.8, 4) is 17.1 Å². The predicted octanol–water partition coefficient (Wildman–Crippen LogP) is 4.58. The first-order valence-electron chi connectivity index (χ1n) is 13.3. The fraction of sp³-hybridized carbons (Fsp3) is 0.593. The highest BCUT2D eigenvalue weighted by atomic mass is 16.5. The molecular weight excluding hydrogens is 440 g/mol. The van der Waals surface area contributed by atoms with E-state index in [2.05, 4.69) is 34.3 Å². The van der Waals surface area contributed by atoms with Gasteiger partial charge >= 0.3 is 0 Å². The smallest absolute Gasteiger partial charge is 0.277 e. The summed E-state index contributed by atoms with van der Waals surface area (Å²) in [5.41, 5.74) is 3.91. The van der Waals surface area contributed by atoms with Gasteiger partial charge < -0.3 is 19.9 Å². The number of hydrogen-bond donors (Lipinski definition) is 2. The lowest BCUT2D eigenvalue weighted by Crippen LogP contribution is -2.42. The molecule has 0 atom stereocenters. The van der Waals surface area contributed by atoms with Gasteiger partial charge in [-0.05, 0) is 58.2 Å². The highest BCUT2D eigenvalue weighted by Crippen LogP contribution is 2.34. The molecule has 2 aromatic heterocycles. The van der Waals surface area contributed by atoms with Crippen molar-refractivity contribution in [3.63, 3.8) is 0 Å². The molecule has 0 amide bonds. The van der Waals surface area contributed by atoms with Crippen molar-refractivity contribution in [2.24, 2.45) is 0 Å². The Labute approximate surface area is 207 Å². The van der Waals surface area contributed by atoms with Gasteiger partial charge in [0.25, 0.3) is 5.56 Å². The molecule has 1 saturated heterocycles. The average Bonchev–Trinajstić information content (AvgIpc) is 3.22. The fourth-order valence-electron chi connectivity index (χ4n) is 5.72. The highest BCUT2D eigenvalue weighted by Gasteiger charge is 2.24. The third-order valence-electron chi connectivity index (χ3n) is 7.52. The zero-order valence-corrected chi connectivity index (χ0v) is 21.3. The first-order chi connectivity index (χ1) is 17.1. The number of nitrogens with zero attached hydrogens (tertiary/aromatic N) is 4. The van der Waals surface area contributed by atoms with Crippen molar-refractivity contribution in [2.45, 2.75) is 77.8 Å². The second-order valence-corrected chi connectivity index (χ2v) is 9.87. The number of aryl methyl sites for hydroxylation is 1. The van der Waals surface area contributed by atoms with Gasteiger partial charge in [0.05, 0.1) is 23.9 Å². The Morgan fingerprint density at radius 3 is 2.60 bits per heavy atom. The average molecular weight is 479 g/mol.